The summed E-state index contributed by atoms with van der Waals surface area (Å²) >= 11 is 5.84. The van der Waals surface area contributed by atoms with Gasteiger partial charge in [0, 0.05) is 13.0 Å². The SMILES string of the molecule is CO[C](Cl)C1CCCCC1. The first-order chi connectivity index (χ1) is 4.84. The molecule has 1 aliphatic carbocycles. The molecule has 59 valence electrons. The molecule has 0 heterocycles. The van der Waals surface area contributed by atoms with Crippen LogP contribution >= 0.6 is 11.6 Å². The first-order valence-electron chi connectivity index (χ1n) is 3.91. The van der Waals surface area contributed by atoms with E-state index in [1.165, 1.54) is 32.1 Å². The monoisotopic (exact) mass is 161 g/mol. The topological polar surface area (TPSA) is 9.23 Å². The maximum atomic E-state index is 5.84. The number of hydrogen-bond acceptors (Lipinski definition) is 1. The molecule has 1 aliphatic rings. The lowest BCUT2D eigenvalue weighted by molar-refractivity contribution is 0.178. The molecule has 1 nitrogen and oxygen atoms in total. The van der Waals surface area contributed by atoms with Crippen LogP contribution in [0.25, 0.3) is 0 Å². The number of ether oxygens (including phenoxy) is 1. The number of halogens is 1. The molecule has 0 spiro atoms. The van der Waals surface area contributed by atoms with Gasteiger partial charge in [-0.25, -0.2) is 0 Å². The Morgan fingerprint density at radius 2 is 1.90 bits per heavy atom. The van der Waals surface area contributed by atoms with Crippen LogP contribution in [0.2, 0.25) is 0 Å². The molecule has 0 N–H and O–H groups in total. The zero-order valence-corrected chi connectivity index (χ0v) is 7.16. The zero-order chi connectivity index (χ0) is 7.40. The van der Waals surface area contributed by atoms with Gasteiger partial charge >= 0.3 is 0 Å². The summed E-state index contributed by atoms with van der Waals surface area (Å²) in [6.45, 7) is 0. The molecule has 0 aromatic heterocycles. The molecule has 1 rings (SSSR count). The van der Waals surface area contributed by atoms with E-state index in [-0.39, 0.29) is 0 Å². The largest absolute Gasteiger partial charge is 0.358 e. The van der Waals surface area contributed by atoms with Crippen molar-refractivity contribution in [1.29, 1.82) is 0 Å². The summed E-state index contributed by atoms with van der Waals surface area (Å²) in [5, 5.41) is 0. The van der Waals surface area contributed by atoms with Crippen LogP contribution in [-0.2, 0) is 4.74 Å². The molecule has 1 saturated carbocycles. The molecule has 0 amide bonds. The van der Waals surface area contributed by atoms with Gasteiger partial charge in [-0.2, -0.15) is 0 Å². The van der Waals surface area contributed by atoms with E-state index in [9.17, 15) is 0 Å². The van der Waals surface area contributed by atoms with Crippen molar-refractivity contribution in [2.24, 2.45) is 5.92 Å². The van der Waals surface area contributed by atoms with Gasteiger partial charge in [-0.15, -0.1) is 0 Å². The Morgan fingerprint density at radius 3 is 2.40 bits per heavy atom. The summed E-state index contributed by atoms with van der Waals surface area (Å²) in [6, 6.07) is 0. The van der Waals surface area contributed by atoms with Gasteiger partial charge in [0.25, 0.3) is 0 Å². The van der Waals surface area contributed by atoms with Gasteiger partial charge in [-0.3, -0.25) is 0 Å². The molecule has 0 aromatic carbocycles. The second kappa shape index (κ2) is 4.20. The average molecular weight is 162 g/mol. The fraction of sp³-hybridized carbons (Fsp3) is 0.875. The Kier molecular flexibility index (Phi) is 3.50. The first-order valence-corrected chi connectivity index (χ1v) is 4.28. The van der Waals surface area contributed by atoms with Crippen molar-refractivity contribution in [3.05, 3.63) is 5.56 Å². The van der Waals surface area contributed by atoms with Gasteiger partial charge in [0.2, 0.25) is 0 Å². The van der Waals surface area contributed by atoms with Crippen LogP contribution in [0.3, 0.4) is 0 Å². The molecule has 0 unspecified atom stereocenters. The molecule has 10 heavy (non-hydrogen) atoms. The van der Waals surface area contributed by atoms with E-state index in [0.29, 0.717) is 11.5 Å². The second-order valence-electron chi connectivity index (χ2n) is 2.84. The van der Waals surface area contributed by atoms with Crippen molar-refractivity contribution < 1.29 is 4.74 Å². The fourth-order valence-electron chi connectivity index (χ4n) is 1.50. The molecule has 0 aliphatic heterocycles. The lowest BCUT2D eigenvalue weighted by Crippen LogP contribution is -2.12. The maximum Gasteiger partial charge on any atom is 0.186 e. The molecule has 0 aromatic rings. The van der Waals surface area contributed by atoms with Gasteiger partial charge < -0.3 is 4.74 Å². The smallest absolute Gasteiger partial charge is 0.186 e. The van der Waals surface area contributed by atoms with Crippen molar-refractivity contribution >= 4 is 11.6 Å². The van der Waals surface area contributed by atoms with Gasteiger partial charge in [-0.1, -0.05) is 30.9 Å². The third kappa shape index (κ3) is 2.14. The minimum absolute atomic E-state index is 0.528. The highest BCUT2D eigenvalue weighted by Crippen LogP contribution is 2.33. The normalized spacial score (nSPS) is 21.9. The van der Waals surface area contributed by atoms with Gasteiger partial charge in [0.15, 0.2) is 5.56 Å². The number of hydrogen-bond donors (Lipinski definition) is 0. The predicted molar refractivity (Wildman–Crippen MR) is 42.7 cm³/mol. The Morgan fingerprint density at radius 1 is 1.30 bits per heavy atom. The molecule has 2 heteroatoms. The molecular formula is C8H14ClO. The summed E-state index contributed by atoms with van der Waals surface area (Å²) in [6.07, 6.45) is 6.41. The van der Waals surface area contributed by atoms with Gasteiger partial charge in [0.05, 0.1) is 0 Å². The van der Waals surface area contributed by atoms with Crippen molar-refractivity contribution in [2.75, 3.05) is 7.11 Å². The average Bonchev–Trinajstić information content (AvgIpc) is 2.05. The highest BCUT2D eigenvalue weighted by Gasteiger charge is 2.22. The van der Waals surface area contributed by atoms with Crippen LogP contribution in [0.1, 0.15) is 32.1 Å². The molecule has 0 atom stereocenters. The molecule has 1 radical (unpaired) electrons. The Hall–Kier alpha value is 0.250. The van der Waals surface area contributed by atoms with Crippen molar-refractivity contribution in [1.82, 2.24) is 0 Å². The summed E-state index contributed by atoms with van der Waals surface area (Å²) < 4.78 is 4.97. The van der Waals surface area contributed by atoms with E-state index in [0.717, 1.165) is 0 Å². The second-order valence-corrected chi connectivity index (χ2v) is 3.22. The molecular weight excluding hydrogens is 148 g/mol. The number of methoxy groups -OCH3 is 1. The lowest BCUT2D eigenvalue weighted by Gasteiger charge is -2.23. The van der Waals surface area contributed by atoms with Crippen LogP contribution in [0.5, 0.6) is 0 Å². The zero-order valence-electron chi connectivity index (χ0n) is 6.40. The van der Waals surface area contributed by atoms with Crippen LogP contribution in [0.4, 0.5) is 0 Å². The van der Waals surface area contributed by atoms with E-state index < -0.39 is 0 Å². The van der Waals surface area contributed by atoms with Gasteiger partial charge in [-0.05, 0) is 12.8 Å². The first kappa shape index (κ1) is 8.35. The van der Waals surface area contributed by atoms with Crippen LogP contribution in [0.15, 0.2) is 0 Å². The Balaban J connectivity index is 2.24. The maximum absolute atomic E-state index is 5.84. The predicted octanol–water partition coefficient (Wildman–Crippen LogP) is 2.94. The standard InChI is InChI=1S/C8H14ClO/c1-10-8(9)7-5-3-2-4-6-7/h7H,2-6H2,1H3. The highest BCUT2D eigenvalue weighted by atomic mass is 35.5. The Bertz CT molecular complexity index is 89.3. The minimum Gasteiger partial charge on any atom is -0.358 e. The third-order valence-corrected chi connectivity index (χ3v) is 2.58. The van der Waals surface area contributed by atoms with Gasteiger partial charge in [0.1, 0.15) is 0 Å². The van der Waals surface area contributed by atoms with Crippen LogP contribution < -0.4 is 0 Å². The molecule has 0 saturated heterocycles. The van der Waals surface area contributed by atoms with E-state index in [4.69, 9.17) is 16.3 Å². The van der Waals surface area contributed by atoms with E-state index in [1.54, 1.807) is 7.11 Å². The van der Waals surface area contributed by atoms with E-state index >= 15 is 0 Å². The lowest BCUT2D eigenvalue weighted by atomic mass is 9.90. The highest BCUT2D eigenvalue weighted by molar-refractivity contribution is 6.25. The summed E-state index contributed by atoms with van der Waals surface area (Å²) in [5.41, 5.74) is 0.708. The van der Waals surface area contributed by atoms with Crippen molar-refractivity contribution in [3.63, 3.8) is 0 Å². The Labute approximate surface area is 67.7 Å². The summed E-state index contributed by atoms with van der Waals surface area (Å²) in [4.78, 5) is 0. The molecule has 0 bridgehead atoms. The third-order valence-electron chi connectivity index (χ3n) is 2.12. The van der Waals surface area contributed by atoms with Crippen LogP contribution in [-0.4, -0.2) is 7.11 Å². The quantitative estimate of drug-likeness (QED) is 0.605. The summed E-state index contributed by atoms with van der Waals surface area (Å²) in [5.74, 6) is 0.528. The van der Waals surface area contributed by atoms with Crippen molar-refractivity contribution in [3.8, 4) is 0 Å². The van der Waals surface area contributed by atoms with Crippen LogP contribution in [0, 0.1) is 11.5 Å². The van der Waals surface area contributed by atoms with E-state index in [1.807, 2.05) is 0 Å². The fourth-order valence-corrected chi connectivity index (χ4v) is 1.71. The minimum atomic E-state index is 0.528. The van der Waals surface area contributed by atoms with Crippen molar-refractivity contribution in [2.45, 2.75) is 32.1 Å². The number of rotatable bonds is 2. The summed E-state index contributed by atoms with van der Waals surface area (Å²) in [7, 11) is 1.65. The molecule has 1 fully saturated rings. The van der Waals surface area contributed by atoms with E-state index in [2.05, 4.69) is 0 Å².